The van der Waals surface area contributed by atoms with E-state index in [2.05, 4.69) is 6.58 Å². The summed E-state index contributed by atoms with van der Waals surface area (Å²) < 4.78 is 0. The lowest BCUT2D eigenvalue weighted by Crippen LogP contribution is -2.42. The summed E-state index contributed by atoms with van der Waals surface area (Å²) in [7, 11) is 0. The molecule has 2 amide bonds. The first-order valence-electron chi connectivity index (χ1n) is 10.9. The van der Waals surface area contributed by atoms with Gasteiger partial charge in [0.25, 0.3) is 5.91 Å². The predicted molar refractivity (Wildman–Crippen MR) is 135 cm³/mol. The molecule has 0 fully saturated rings. The van der Waals surface area contributed by atoms with Crippen molar-refractivity contribution in [2.45, 2.75) is 13.1 Å². The molecule has 33 heavy (non-hydrogen) atoms. The summed E-state index contributed by atoms with van der Waals surface area (Å²) >= 11 is 1.62. The maximum Gasteiger partial charge on any atom is 0.255 e. The molecule has 0 N–H and O–H groups in total. The molecular weight excluding hydrogens is 428 g/mol. The first-order valence-corrected chi connectivity index (χ1v) is 11.8. The van der Waals surface area contributed by atoms with Crippen molar-refractivity contribution < 1.29 is 9.59 Å². The van der Waals surface area contributed by atoms with E-state index in [1.54, 1.807) is 22.3 Å². The van der Waals surface area contributed by atoms with E-state index in [1.807, 2.05) is 95.2 Å². The van der Waals surface area contributed by atoms with Gasteiger partial charge in [-0.3, -0.25) is 9.59 Å². The number of carbonyl (C=O) groups is 2. The highest BCUT2D eigenvalue weighted by molar-refractivity contribution is 7.09. The Labute approximate surface area is 198 Å². The molecule has 1 heterocycles. The quantitative estimate of drug-likeness (QED) is 0.302. The van der Waals surface area contributed by atoms with Gasteiger partial charge in [0.1, 0.15) is 6.54 Å². The third-order valence-electron chi connectivity index (χ3n) is 5.48. The third-order valence-corrected chi connectivity index (χ3v) is 6.34. The van der Waals surface area contributed by atoms with Crippen LogP contribution < -0.4 is 0 Å². The van der Waals surface area contributed by atoms with E-state index >= 15 is 0 Å². The zero-order valence-electron chi connectivity index (χ0n) is 18.4. The Kier molecular flexibility index (Phi) is 7.33. The molecular formula is C28H26N2O2S. The molecule has 4 rings (SSSR count). The van der Waals surface area contributed by atoms with Crippen LogP contribution in [0.2, 0.25) is 0 Å². The Balaban J connectivity index is 1.58. The number of carbonyl (C=O) groups excluding carboxylic acids is 2. The zero-order chi connectivity index (χ0) is 23.0. The van der Waals surface area contributed by atoms with Crippen molar-refractivity contribution in [3.63, 3.8) is 0 Å². The van der Waals surface area contributed by atoms with Gasteiger partial charge in [-0.25, -0.2) is 0 Å². The lowest BCUT2D eigenvalue weighted by Gasteiger charge is -2.27. The molecule has 0 atom stereocenters. The second kappa shape index (κ2) is 10.7. The summed E-state index contributed by atoms with van der Waals surface area (Å²) in [6.45, 7) is 5.09. The summed E-state index contributed by atoms with van der Waals surface area (Å²) in [5.41, 5.74) is 1.65. The fourth-order valence-electron chi connectivity index (χ4n) is 3.85. The molecule has 0 aliphatic rings. The van der Waals surface area contributed by atoms with Gasteiger partial charge in [-0.2, -0.15) is 0 Å². The van der Waals surface area contributed by atoms with E-state index in [0.717, 1.165) is 21.2 Å². The van der Waals surface area contributed by atoms with Crippen LogP contribution in [0.15, 0.2) is 103 Å². The number of benzene rings is 3. The van der Waals surface area contributed by atoms with Crippen LogP contribution in [-0.4, -0.2) is 34.7 Å². The van der Waals surface area contributed by atoms with Crippen molar-refractivity contribution in [1.29, 1.82) is 0 Å². The molecule has 166 valence electrons. The van der Waals surface area contributed by atoms with Gasteiger partial charge in [0.2, 0.25) is 5.91 Å². The molecule has 0 aliphatic carbocycles. The second-order valence-electron chi connectivity index (χ2n) is 7.82. The Morgan fingerprint density at radius 3 is 2.33 bits per heavy atom. The zero-order valence-corrected chi connectivity index (χ0v) is 19.2. The van der Waals surface area contributed by atoms with Crippen LogP contribution in [0, 0.1) is 0 Å². The number of rotatable bonds is 9. The van der Waals surface area contributed by atoms with Gasteiger partial charge < -0.3 is 9.80 Å². The van der Waals surface area contributed by atoms with Crippen LogP contribution in [0.4, 0.5) is 0 Å². The average molecular weight is 455 g/mol. The SMILES string of the molecule is C=CCN(CC(=O)N(Cc1ccccc1)Cc1cccs1)C(=O)c1cccc2ccccc12. The number of thiophene rings is 1. The highest BCUT2D eigenvalue weighted by atomic mass is 32.1. The molecule has 0 bridgehead atoms. The molecule has 4 nitrogen and oxygen atoms in total. The third kappa shape index (κ3) is 5.57. The average Bonchev–Trinajstić information content (AvgIpc) is 3.36. The summed E-state index contributed by atoms with van der Waals surface area (Å²) in [6.07, 6.45) is 1.66. The van der Waals surface area contributed by atoms with Crippen LogP contribution >= 0.6 is 11.3 Å². The van der Waals surface area contributed by atoms with E-state index in [4.69, 9.17) is 0 Å². The van der Waals surface area contributed by atoms with E-state index in [1.165, 1.54) is 0 Å². The summed E-state index contributed by atoms with van der Waals surface area (Å²) in [4.78, 5) is 31.4. The summed E-state index contributed by atoms with van der Waals surface area (Å²) in [5.74, 6) is -0.265. The fraction of sp³-hybridized carbons (Fsp3) is 0.143. The largest absolute Gasteiger partial charge is 0.332 e. The van der Waals surface area contributed by atoms with Crippen molar-refractivity contribution in [3.05, 3.63) is 119 Å². The number of hydrogen-bond acceptors (Lipinski definition) is 3. The lowest BCUT2D eigenvalue weighted by molar-refractivity contribution is -0.133. The topological polar surface area (TPSA) is 40.6 Å². The van der Waals surface area contributed by atoms with Gasteiger partial charge in [-0.05, 0) is 33.8 Å². The summed E-state index contributed by atoms with van der Waals surface area (Å²) in [6, 6.07) is 27.4. The molecule has 0 spiro atoms. The highest BCUT2D eigenvalue weighted by Gasteiger charge is 2.23. The Morgan fingerprint density at radius 2 is 1.58 bits per heavy atom. The fourth-order valence-corrected chi connectivity index (χ4v) is 4.57. The van der Waals surface area contributed by atoms with Crippen LogP contribution in [0.25, 0.3) is 10.8 Å². The molecule has 0 radical (unpaired) electrons. The Bertz CT molecular complexity index is 1230. The van der Waals surface area contributed by atoms with Crippen molar-refractivity contribution in [3.8, 4) is 0 Å². The molecule has 0 saturated carbocycles. The van der Waals surface area contributed by atoms with Crippen molar-refractivity contribution in [1.82, 2.24) is 9.80 Å². The molecule has 1 aromatic heterocycles. The van der Waals surface area contributed by atoms with Gasteiger partial charge in [0.05, 0.1) is 6.54 Å². The van der Waals surface area contributed by atoms with Gasteiger partial charge in [-0.15, -0.1) is 17.9 Å². The predicted octanol–water partition coefficient (Wildman–Crippen LogP) is 5.76. The van der Waals surface area contributed by atoms with Gasteiger partial charge in [0.15, 0.2) is 0 Å². The number of amides is 2. The molecule has 0 unspecified atom stereocenters. The normalized spacial score (nSPS) is 10.7. The number of nitrogens with zero attached hydrogens (tertiary/aromatic N) is 2. The van der Waals surface area contributed by atoms with E-state index in [-0.39, 0.29) is 18.4 Å². The minimum Gasteiger partial charge on any atom is -0.332 e. The van der Waals surface area contributed by atoms with Crippen LogP contribution in [0.1, 0.15) is 20.8 Å². The first kappa shape index (κ1) is 22.5. The van der Waals surface area contributed by atoms with E-state index < -0.39 is 0 Å². The van der Waals surface area contributed by atoms with Crippen LogP contribution in [-0.2, 0) is 17.9 Å². The maximum absolute atomic E-state index is 13.5. The molecule has 5 heteroatoms. The minimum atomic E-state index is -0.171. The minimum absolute atomic E-state index is 0.00766. The number of fused-ring (bicyclic) bond motifs is 1. The molecule has 0 aliphatic heterocycles. The van der Waals surface area contributed by atoms with Gasteiger partial charge in [-0.1, -0.05) is 78.9 Å². The smallest absolute Gasteiger partial charge is 0.255 e. The van der Waals surface area contributed by atoms with Crippen LogP contribution in [0.3, 0.4) is 0 Å². The molecule has 0 saturated heterocycles. The number of hydrogen-bond donors (Lipinski definition) is 0. The van der Waals surface area contributed by atoms with Crippen molar-refractivity contribution >= 4 is 33.9 Å². The van der Waals surface area contributed by atoms with Gasteiger partial charge >= 0.3 is 0 Å². The monoisotopic (exact) mass is 454 g/mol. The Hall–Kier alpha value is -3.70. The molecule has 3 aromatic carbocycles. The van der Waals surface area contributed by atoms with Crippen molar-refractivity contribution in [2.75, 3.05) is 13.1 Å². The molecule has 4 aromatic rings. The Morgan fingerprint density at radius 1 is 0.818 bits per heavy atom. The lowest BCUT2D eigenvalue weighted by atomic mass is 10.0. The maximum atomic E-state index is 13.5. The summed E-state index contributed by atoms with van der Waals surface area (Å²) in [5, 5.41) is 3.89. The van der Waals surface area contributed by atoms with Crippen LogP contribution in [0.5, 0.6) is 0 Å². The standard InChI is InChI=1S/C28H26N2O2S/c1-2-17-29(28(32)26-16-8-13-23-12-6-7-15-25(23)26)21-27(31)30(20-24-14-9-18-33-24)19-22-10-4-3-5-11-22/h2-16,18H,1,17,19-21H2. The first-order chi connectivity index (χ1) is 16.2. The highest BCUT2D eigenvalue weighted by Crippen LogP contribution is 2.21. The second-order valence-corrected chi connectivity index (χ2v) is 8.85. The van der Waals surface area contributed by atoms with E-state index in [0.29, 0.717) is 25.2 Å². The van der Waals surface area contributed by atoms with E-state index in [9.17, 15) is 9.59 Å². The van der Waals surface area contributed by atoms with Crippen molar-refractivity contribution in [2.24, 2.45) is 0 Å². The van der Waals surface area contributed by atoms with Gasteiger partial charge in [0, 0.05) is 23.5 Å².